The molecular formula is C8H13F3N2O3. The van der Waals surface area contributed by atoms with Crippen molar-refractivity contribution in [1.82, 2.24) is 5.32 Å². The van der Waals surface area contributed by atoms with Crippen LogP contribution in [0, 0.1) is 0 Å². The number of nitrogens with two attached hydrogens (primary N) is 1. The second-order valence-corrected chi connectivity index (χ2v) is 3.43. The van der Waals surface area contributed by atoms with Gasteiger partial charge in [-0.05, 0) is 6.92 Å². The summed E-state index contributed by atoms with van der Waals surface area (Å²) in [6.07, 6.45) is -6.19. The molecule has 0 radical (unpaired) electrons. The summed E-state index contributed by atoms with van der Waals surface area (Å²) in [7, 11) is 0. The molecule has 16 heavy (non-hydrogen) atoms. The van der Waals surface area contributed by atoms with E-state index in [1.807, 2.05) is 5.32 Å². The van der Waals surface area contributed by atoms with Gasteiger partial charge in [0.05, 0.1) is 18.9 Å². The quantitative estimate of drug-likeness (QED) is 0.644. The van der Waals surface area contributed by atoms with Crippen molar-refractivity contribution in [2.45, 2.75) is 38.0 Å². The fourth-order valence-electron chi connectivity index (χ4n) is 1.03. The number of amides is 1. The lowest BCUT2D eigenvalue weighted by molar-refractivity contribution is -0.144. The Labute approximate surface area is 89.8 Å². The van der Waals surface area contributed by atoms with Crippen LogP contribution in [-0.2, 0) is 9.59 Å². The van der Waals surface area contributed by atoms with Crippen LogP contribution < -0.4 is 11.1 Å². The number of nitrogens with one attached hydrogen (secondary N) is 1. The predicted molar refractivity (Wildman–Crippen MR) is 48.5 cm³/mol. The highest BCUT2D eigenvalue weighted by Crippen LogP contribution is 2.21. The largest absolute Gasteiger partial charge is 0.481 e. The zero-order valence-corrected chi connectivity index (χ0v) is 8.54. The summed E-state index contributed by atoms with van der Waals surface area (Å²) in [5, 5.41) is 10.3. The van der Waals surface area contributed by atoms with Crippen molar-refractivity contribution < 1.29 is 27.9 Å². The van der Waals surface area contributed by atoms with Crippen LogP contribution in [-0.4, -0.2) is 35.2 Å². The minimum Gasteiger partial charge on any atom is -0.481 e. The van der Waals surface area contributed by atoms with Crippen LogP contribution in [0.25, 0.3) is 0 Å². The molecular weight excluding hydrogens is 229 g/mol. The maximum absolute atomic E-state index is 11.9. The van der Waals surface area contributed by atoms with E-state index in [4.69, 9.17) is 10.8 Å². The fourth-order valence-corrected chi connectivity index (χ4v) is 1.03. The summed E-state index contributed by atoms with van der Waals surface area (Å²) in [4.78, 5) is 21.3. The van der Waals surface area contributed by atoms with E-state index in [0.29, 0.717) is 0 Å². The van der Waals surface area contributed by atoms with Crippen LogP contribution >= 0.6 is 0 Å². The highest BCUT2D eigenvalue weighted by atomic mass is 19.4. The Morgan fingerprint density at radius 3 is 2.31 bits per heavy atom. The molecule has 0 aromatic carbocycles. The number of halogens is 3. The Bertz CT molecular complexity index is 268. The van der Waals surface area contributed by atoms with E-state index in [9.17, 15) is 22.8 Å². The number of alkyl halides is 3. The second-order valence-electron chi connectivity index (χ2n) is 3.43. The number of carbonyl (C=O) groups is 2. The van der Waals surface area contributed by atoms with E-state index in [-0.39, 0.29) is 0 Å². The minimum atomic E-state index is -4.39. The number of carbonyl (C=O) groups excluding carboxylic acids is 1. The van der Waals surface area contributed by atoms with Gasteiger partial charge < -0.3 is 16.2 Å². The van der Waals surface area contributed by atoms with E-state index < -0.39 is 43.0 Å². The van der Waals surface area contributed by atoms with Crippen molar-refractivity contribution >= 4 is 11.9 Å². The normalized spacial score (nSPS) is 15.3. The number of aliphatic carboxylic acids is 1. The molecule has 0 saturated carbocycles. The maximum atomic E-state index is 11.9. The molecule has 1 amide bonds. The summed E-state index contributed by atoms with van der Waals surface area (Å²) in [5.41, 5.74) is 5.16. The standard InChI is InChI=1S/C8H13F3N2O3/c1-4(3-8(9,10)11)13-7(16)5(12)2-6(14)15/h4-5H,2-3,12H2,1H3,(H,13,16)(H,14,15). The van der Waals surface area contributed by atoms with Crippen molar-refractivity contribution in [2.24, 2.45) is 5.73 Å². The van der Waals surface area contributed by atoms with E-state index in [1.165, 1.54) is 6.92 Å². The number of hydrogen-bond acceptors (Lipinski definition) is 3. The zero-order valence-electron chi connectivity index (χ0n) is 8.54. The van der Waals surface area contributed by atoms with Crippen molar-refractivity contribution in [3.05, 3.63) is 0 Å². The smallest absolute Gasteiger partial charge is 0.391 e. The van der Waals surface area contributed by atoms with Gasteiger partial charge in [0, 0.05) is 6.04 Å². The van der Waals surface area contributed by atoms with Crippen molar-refractivity contribution in [1.29, 1.82) is 0 Å². The van der Waals surface area contributed by atoms with E-state index in [1.54, 1.807) is 0 Å². The van der Waals surface area contributed by atoms with Gasteiger partial charge in [-0.2, -0.15) is 13.2 Å². The van der Waals surface area contributed by atoms with Gasteiger partial charge in [0.25, 0.3) is 0 Å². The summed E-state index contributed by atoms with van der Waals surface area (Å²) < 4.78 is 35.7. The predicted octanol–water partition coefficient (Wildman–Crippen LogP) is 0.245. The average molecular weight is 242 g/mol. The van der Waals surface area contributed by atoms with Gasteiger partial charge >= 0.3 is 12.1 Å². The molecule has 0 bridgehead atoms. The van der Waals surface area contributed by atoms with Gasteiger partial charge in [-0.1, -0.05) is 0 Å². The molecule has 0 saturated heterocycles. The van der Waals surface area contributed by atoms with E-state index in [0.717, 1.165) is 0 Å². The third kappa shape index (κ3) is 7.04. The molecule has 8 heteroatoms. The Balaban J connectivity index is 4.09. The fraction of sp³-hybridized carbons (Fsp3) is 0.750. The van der Waals surface area contributed by atoms with Crippen molar-refractivity contribution in [3.8, 4) is 0 Å². The molecule has 0 spiro atoms. The topological polar surface area (TPSA) is 92.4 Å². The van der Waals surface area contributed by atoms with Crippen LogP contribution in [0.3, 0.4) is 0 Å². The number of rotatable bonds is 5. The van der Waals surface area contributed by atoms with Gasteiger partial charge in [0.1, 0.15) is 0 Å². The highest BCUT2D eigenvalue weighted by Gasteiger charge is 2.31. The summed E-state index contributed by atoms with van der Waals surface area (Å²) in [6, 6.07) is -2.47. The molecule has 0 aromatic heterocycles. The molecule has 0 aromatic rings. The Kier molecular flexibility index (Phi) is 5.22. The molecule has 4 N–H and O–H groups in total. The lowest BCUT2D eigenvalue weighted by Gasteiger charge is -2.17. The first-order valence-electron chi connectivity index (χ1n) is 4.46. The van der Waals surface area contributed by atoms with Crippen molar-refractivity contribution in [3.63, 3.8) is 0 Å². The first-order valence-corrected chi connectivity index (χ1v) is 4.46. The zero-order chi connectivity index (χ0) is 12.9. The minimum absolute atomic E-state index is 0.620. The van der Waals surface area contributed by atoms with Crippen molar-refractivity contribution in [2.75, 3.05) is 0 Å². The van der Waals surface area contributed by atoms with Gasteiger partial charge in [-0.25, -0.2) is 0 Å². The highest BCUT2D eigenvalue weighted by molar-refractivity contribution is 5.86. The Morgan fingerprint density at radius 2 is 1.94 bits per heavy atom. The number of carboxylic acids is 1. The van der Waals surface area contributed by atoms with Crippen LogP contribution in [0.2, 0.25) is 0 Å². The molecule has 0 aliphatic rings. The van der Waals surface area contributed by atoms with E-state index in [2.05, 4.69) is 0 Å². The number of carboxylic acid groups (broad SMARTS) is 1. The maximum Gasteiger partial charge on any atom is 0.391 e. The molecule has 5 nitrogen and oxygen atoms in total. The monoisotopic (exact) mass is 242 g/mol. The molecule has 0 aliphatic carbocycles. The van der Waals surface area contributed by atoms with E-state index >= 15 is 0 Å². The lowest BCUT2D eigenvalue weighted by Crippen LogP contribution is -2.46. The molecule has 2 unspecified atom stereocenters. The third-order valence-corrected chi connectivity index (χ3v) is 1.66. The first kappa shape index (κ1) is 14.7. The summed E-state index contributed by atoms with van der Waals surface area (Å²) in [5.74, 6) is -2.19. The Morgan fingerprint density at radius 1 is 1.44 bits per heavy atom. The third-order valence-electron chi connectivity index (χ3n) is 1.66. The average Bonchev–Trinajstić information content (AvgIpc) is 1.98. The van der Waals surface area contributed by atoms with Gasteiger partial charge in [-0.3, -0.25) is 9.59 Å². The second kappa shape index (κ2) is 5.69. The lowest BCUT2D eigenvalue weighted by atomic mass is 10.1. The van der Waals surface area contributed by atoms with Gasteiger partial charge in [-0.15, -0.1) is 0 Å². The molecule has 2 atom stereocenters. The van der Waals surface area contributed by atoms with Gasteiger partial charge in [0.15, 0.2) is 0 Å². The van der Waals surface area contributed by atoms with Crippen LogP contribution in [0.15, 0.2) is 0 Å². The summed E-state index contributed by atoms with van der Waals surface area (Å²) >= 11 is 0. The molecule has 94 valence electrons. The van der Waals surface area contributed by atoms with Crippen LogP contribution in [0.5, 0.6) is 0 Å². The molecule has 0 fully saturated rings. The summed E-state index contributed by atoms with van der Waals surface area (Å²) in [6.45, 7) is 1.17. The van der Waals surface area contributed by atoms with Crippen LogP contribution in [0.1, 0.15) is 19.8 Å². The molecule has 0 aliphatic heterocycles. The van der Waals surface area contributed by atoms with Gasteiger partial charge in [0.2, 0.25) is 5.91 Å². The van der Waals surface area contributed by atoms with Crippen LogP contribution in [0.4, 0.5) is 13.2 Å². The number of hydrogen-bond donors (Lipinski definition) is 3. The molecule has 0 rings (SSSR count). The Hall–Kier alpha value is -1.31. The SMILES string of the molecule is CC(CC(F)(F)F)NC(=O)C(N)CC(=O)O. The molecule has 0 heterocycles. The first-order chi connectivity index (χ1) is 7.11.